The van der Waals surface area contributed by atoms with Gasteiger partial charge in [-0.05, 0) is 94.5 Å². The van der Waals surface area contributed by atoms with Crippen LogP contribution in [0.3, 0.4) is 0 Å². The molecule has 6 aromatic heterocycles. The van der Waals surface area contributed by atoms with E-state index in [1.807, 2.05) is 30.3 Å². The van der Waals surface area contributed by atoms with Crippen molar-refractivity contribution in [1.29, 1.82) is 0 Å². The van der Waals surface area contributed by atoms with Crippen molar-refractivity contribution in [1.82, 2.24) is 29.1 Å². The summed E-state index contributed by atoms with van der Waals surface area (Å²) >= 11 is 0. The van der Waals surface area contributed by atoms with Gasteiger partial charge in [-0.1, -0.05) is 224 Å². The number of fused-ring (bicyclic) bond motifs is 12. The highest BCUT2D eigenvalue weighted by molar-refractivity contribution is 6.18. The van der Waals surface area contributed by atoms with Crippen LogP contribution in [0.2, 0.25) is 0 Å². The molecule has 18 aromatic rings. The Bertz CT molecular complexity index is 5780. The van der Waals surface area contributed by atoms with Crippen LogP contribution in [0.25, 0.3) is 178 Å². The molecule has 0 N–H and O–H groups in total. The SMILES string of the molecule is c1ccc(-c2cc(-c3cccc(-c4cccc5c4oc4ccc(-c6cccc7c6c6ccccc6n7-c6nc(-c7ccccc7)cc(-c7ccccc7-c7cccc8oc9ccccc9c78)n6)cc45)c3)nc(-n3c4ccccc4c4ccccc43)n2)cc1. The Morgan fingerprint density at radius 1 is 0.227 bits per heavy atom. The fraction of sp³-hybridized carbons (Fsp3) is 0. The van der Waals surface area contributed by atoms with Crippen molar-refractivity contribution in [2.24, 2.45) is 0 Å². The van der Waals surface area contributed by atoms with Gasteiger partial charge in [0.05, 0.1) is 44.8 Å². The second-order valence-electron chi connectivity index (χ2n) is 22.4. The minimum Gasteiger partial charge on any atom is -0.456 e. The van der Waals surface area contributed by atoms with Gasteiger partial charge in [-0.25, -0.2) is 19.9 Å². The number of hydrogen-bond acceptors (Lipinski definition) is 6. The topological polar surface area (TPSA) is 87.7 Å². The molecule has 0 saturated heterocycles. The molecule has 0 fully saturated rings. The number of rotatable bonds is 9. The van der Waals surface area contributed by atoms with Crippen molar-refractivity contribution in [3.8, 4) is 90.3 Å². The third-order valence-electron chi connectivity index (χ3n) is 17.4. The van der Waals surface area contributed by atoms with Gasteiger partial charge in [-0.15, -0.1) is 0 Å². The monoisotopic (exact) mass is 1120 g/mol. The standard InChI is InChI=1S/C80H48N6O2/c1-3-21-49(22-4-1)65-47-67(83-79(81-65)85-69-37-13-9-29-58(69)59-30-10-14-38-70(59)85)53-26-17-25-51(45-53)55-34-18-36-61-64-46-52(43-44-74(64)88-78(55)61)54-33-19-40-72-76(54)62-31-11-15-39-71(62)86(72)80-82-66(50-23-5-2-6-24-50)48-68(84-80)57-28-8-7-27-56(57)60-35-20-42-75-77(60)63-32-12-16-41-73(63)87-75/h1-48H. The van der Waals surface area contributed by atoms with Crippen LogP contribution in [-0.4, -0.2) is 29.1 Å². The van der Waals surface area contributed by atoms with Crippen molar-refractivity contribution in [2.45, 2.75) is 0 Å². The number of nitrogens with zero attached hydrogens (tertiary/aromatic N) is 6. The van der Waals surface area contributed by atoms with Gasteiger partial charge in [0.2, 0.25) is 11.9 Å². The zero-order chi connectivity index (χ0) is 57.8. The summed E-state index contributed by atoms with van der Waals surface area (Å²) in [5, 5.41) is 8.75. The first-order chi connectivity index (χ1) is 43.6. The number of furan rings is 2. The Morgan fingerprint density at radius 2 is 0.682 bits per heavy atom. The number of hydrogen-bond donors (Lipinski definition) is 0. The first-order valence-corrected chi connectivity index (χ1v) is 29.6. The predicted molar refractivity (Wildman–Crippen MR) is 359 cm³/mol. The third-order valence-corrected chi connectivity index (χ3v) is 17.4. The van der Waals surface area contributed by atoms with Crippen molar-refractivity contribution >= 4 is 87.5 Å². The van der Waals surface area contributed by atoms with Gasteiger partial charge in [0.1, 0.15) is 22.3 Å². The molecular formula is C80H48N6O2. The molecule has 0 aliphatic rings. The van der Waals surface area contributed by atoms with Gasteiger partial charge in [-0.2, -0.15) is 0 Å². The maximum absolute atomic E-state index is 6.93. The second-order valence-corrected chi connectivity index (χ2v) is 22.4. The van der Waals surface area contributed by atoms with Gasteiger partial charge < -0.3 is 8.83 Å². The molecule has 18 rings (SSSR count). The highest BCUT2D eigenvalue weighted by Gasteiger charge is 2.24. The van der Waals surface area contributed by atoms with Crippen LogP contribution in [0.4, 0.5) is 0 Å². The molecule has 12 aromatic carbocycles. The molecule has 6 heterocycles. The third kappa shape index (κ3) is 7.86. The van der Waals surface area contributed by atoms with Crippen molar-refractivity contribution in [3.63, 3.8) is 0 Å². The second kappa shape index (κ2) is 19.8. The minimum absolute atomic E-state index is 0.578. The summed E-state index contributed by atoms with van der Waals surface area (Å²) in [4.78, 5) is 21.7. The normalized spacial score (nSPS) is 11.9. The summed E-state index contributed by atoms with van der Waals surface area (Å²) in [5.41, 5.74) is 21.0. The molecule has 0 bridgehead atoms. The molecule has 0 spiro atoms. The van der Waals surface area contributed by atoms with Crippen LogP contribution < -0.4 is 0 Å². The Hall–Kier alpha value is -12.0. The van der Waals surface area contributed by atoms with Gasteiger partial charge in [0, 0.05) is 70.9 Å². The summed E-state index contributed by atoms with van der Waals surface area (Å²) in [6.07, 6.45) is 0. The van der Waals surface area contributed by atoms with E-state index in [0.29, 0.717) is 11.9 Å². The van der Waals surface area contributed by atoms with Gasteiger partial charge >= 0.3 is 0 Å². The van der Waals surface area contributed by atoms with E-state index in [0.717, 1.165) is 166 Å². The van der Waals surface area contributed by atoms with Crippen LogP contribution in [0.1, 0.15) is 0 Å². The van der Waals surface area contributed by atoms with E-state index in [9.17, 15) is 0 Å². The largest absolute Gasteiger partial charge is 0.456 e. The van der Waals surface area contributed by atoms with E-state index in [1.165, 1.54) is 0 Å². The average Bonchev–Trinajstić information content (AvgIpc) is 1.84. The molecule has 88 heavy (non-hydrogen) atoms. The molecule has 0 aliphatic carbocycles. The highest BCUT2D eigenvalue weighted by Crippen LogP contribution is 2.45. The molecular weight excluding hydrogens is 1080 g/mol. The van der Waals surface area contributed by atoms with E-state index in [-0.39, 0.29) is 0 Å². The molecule has 8 heteroatoms. The van der Waals surface area contributed by atoms with Crippen LogP contribution in [-0.2, 0) is 0 Å². The Morgan fingerprint density at radius 3 is 1.42 bits per heavy atom. The first kappa shape index (κ1) is 49.4. The summed E-state index contributed by atoms with van der Waals surface area (Å²) < 4.78 is 17.8. The van der Waals surface area contributed by atoms with Crippen LogP contribution >= 0.6 is 0 Å². The Labute approximate surface area is 504 Å². The lowest BCUT2D eigenvalue weighted by atomic mass is 9.93. The highest BCUT2D eigenvalue weighted by atomic mass is 16.3. The number of para-hydroxylation sites is 5. The van der Waals surface area contributed by atoms with E-state index in [1.54, 1.807) is 0 Å². The summed E-state index contributed by atoms with van der Waals surface area (Å²) in [6, 6.07) is 102. The van der Waals surface area contributed by atoms with E-state index < -0.39 is 0 Å². The van der Waals surface area contributed by atoms with Gasteiger partial charge in [0.15, 0.2) is 0 Å². The lowest BCUT2D eigenvalue weighted by Gasteiger charge is -2.15. The lowest BCUT2D eigenvalue weighted by Crippen LogP contribution is -2.04. The van der Waals surface area contributed by atoms with E-state index in [2.05, 4.69) is 270 Å². The molecule has 0 unspecified atom stereocenters. The zero-order valence-electron chi connectivity index (χ0n) is 47.2. The molecule has 0 aliphatic heterocycles. The summed E-state index contributed by atoms with van der Waals surface area (Å²) in [6.45, 7) is 0. The van der Waals surface area contributed by atoms with Crippen LogP contribution in [0, 0.1) is 0 Å². The van der Waals surface area contributed by atoms with Crippen molar-refractivity contribution < 1.29 is 8.83 Å². The number of benzene rings is 12. The quantitative estimate of drug-likeness (QED) is 0.143. The summed E-state index contributed by atoms with van der Waals surface area (Å²) in [7, 11) is 0. The molecule has 410 valence electrons. The Balaban J connectivity index is 0.763. The molecule has 0 atom stereocenters. The molecule has 8 nitrogen and oxygen atoms in total. The number of aromatic nitrogens is 6. The average molecular weight is 1130 g/mol. The van der Waals surface area contributed by atoms with Gasteiger partial charge in [0.25, 0.3) is 0 Å². The van der Waals surface area contributed by atoms with Crippen LogP contribution in [0.15, 0.2) is 300 Å². The maximum atomic E-state index is 6.93. The first-order valence-electron chi connectivity index (χ1n) is 29.6. The molecule has 0 amide bonds. The van der Waals surface area contributed by atoms with E-state index >= 15 is 0 Å². The lowest BCUT2D eigenvalue weighted by molar-refractivity contribution is 0.669. The van der Waals surface area contributed by atoms with Crippen molar-refractivity contribution in [2.75, 3.05) is 0 Å². The minimum atomic E-state index is 0.578. The van der Waals surface area contributed by atoms with Crippen LogP contribution in [0.5, 0.6) is 0 Å². The fourth-order valence-electron chi connectivity index (χ4n) is 13.5. The summed E-state index contributed by atoms with van der Waals surface area (Å²) in [5.74, 6) is 1.19. The molecule has 0 saturated carbocycles. The Kier molecular flexibility index (Phi) is 11.1. The predicted octanol–water partition coefficient (Wildman–Crippen LogP) is 20.9. The zero-order valence-corrected chi connectivity index (χ0v) is 47.2. The fourth-order valence-corrected chi connectivity index (χ4v) is 13.5. The van der Waals surface area contributed by atoms with Gasteiger partial charge in [-0.3, -0.25) is 9.13 Å². The smallest absolute Gasteiger partial charge is 0.235 e. The van der Waals surface area contributed by atoms with Crippen molar-refractivity contribution in [3.05, 3.63) is 291 Å². The van der Waals surface area contributed by atoms with E-state index in [4.69, 9.17) is 28.8 Å². The maximum Gasteiger partial charge on any atom is 0.235 e. The molecule has 0 radical (unpaired) electrons.